The number of phosphoric acid groups is 2. The highest BCUT2D eigenvalue weighted by Gasteiger charge is 2.35. The van der Waals surface area contributed by atoms with Gasteiger partial charge in [0, 0.05) is 18.2 Å². The lowest BCUT2D eigenvalue weighted by Crippen LogP contribution is -2.28. The maximum Gasteiger partial charge on any atom is 0.279 e. The SMILES string of the molecule is [B][C@H]1CC(OCSSCCC#C)[C@@H](COP([CH2-])(=O)OP(=O)([O-])OP(=O)([O-])O)O1. The fraction of sp³-hybridized carbons (Fsp3) is 0.727. The van der Waals surface area contributed by atoms with Crippen LogP contribution in [0.25, 0.3) is 0 Å². The molecule has 0 amide bonds. The minimum atomic E-state index is -5.70. The van der Waals surface area contributed by atoms with E-state index in [9.17, 15) is 23.5 Å². The van der Waals surface area contributed by atoms with Gasteiger partial charge in [0.2, 0.25) is 0 Å². The normalized spacial score (nSPS) is 28.8. The van der Waals surface area contributed by atoms with E-state index in [2.05, 4.69) is 21.2 Å². The van der Waals surface area contributed by atoms with Gasteiger partial charge in [0.15, 0.2) is 7.60 Å². The molecule has 1 fully saturated rings. The van der Waals surface area contributed by atoms with Gasteiger partial charge in [-0.05, 0) is 6.42 Å². The Balaban J connectivity index is 2.49. The Bertz CT molecular complexity index is 683. The molecule has 0 bridgehead atoms. The molecule has 4 unspecified atom stereocenters. The molecule has 0 spiro atoms. The average Bonchev–Trinajstić information content (AvgIpc) is 2.85. The molecular formula is C11H17BO11P3S2-3. The Kier molecular flexibility index (Phi) is 11.4. The molecule has 0 aromatic heterocycles. The molecule has 0 aromatic rings. The molecular weight excluding hydrogens is 476 g/mol. The van der Waals surface area contributed by atoms with Crippen LogP contribution < -0.4 is 9.79 Å². The average molecular weight is 493 g/mol. The van der Waals surface area contributed by atoms with Crippen LogP contribution in [0.5, 0.6) is 0 Å². The summed E-state index contributed by atoms with van der Waals surface area (Å²) in [7, 11) is -7.34. The third-order valence-electron chi connectivity index (χ3n) is 2.84. The van der Waals surface area contributed by atoms with E-state index in [0.29, 0.717) is 12.8 Å². The third-order valence-corrected chi connectivity index (χ3v) is 8.86. The molecule has 160 valence electrons. The summed E-state index contributed by atoms with van der Waals surface area (Å²) in [6.07, 6.45) is 4.72. The zero-order valence-corrected chi connectivity index (χ0v) is 18.6. The van der Waals surface area contributed by atoms with E-state index in [0.717, 1.165) is 5.75 Å². The molecule has 11 nitrogen and oxygen atoms in total. The Labute approximate surface area is 172 Å². The summed E-state index contributed by atoms with van der Waals surface area (Å²) in [5.74, 6) is 3.53. The van der Waals surface area contributed by atoms with Crippen LogP contribution in [0.15, 0.2) is 0 Å². The van der Waals surface area contributed by atoms with Gasteiger partial charge in [0.05, 0.1) is 12.7 Å². The van der Waals surface area contributed by atoms with Gasteiger partial charge in [0.25, 0.3) is 15.6 Å². The van der Waals surface area contributed by atoms with E-state index in [1.807, 2.05) is 0 Å². The first-order valence-corrected chi connectivity index (χ1v) is 14.6. The second-order valence-corrected chi connectivity index (χ2v) is 12.3. The topological polar surface area (TPSA) is 164 Å². The van der Waals surface area contributed by atoms with E-state index in [1.165, 1.54) is 21.6 Å². The lowest BCUT2D eigenvalue weighted by atomic mass is 9.96. The first-order chi connectivity index (χ1) is 12.8. The van der Waals surface area contributed by atoms with Gasteiger partial charge in [0.1, 0.15) is 19.9 Å². The van der Waals surface area contributed by atoms with Crippen LogP contribution >= 0.6 is 44.8 Å². The lowest BCUT2D eigenvalue weighted by molar-refractivity contribution is -0.236. The zero-order valence-electron chi connectivity index (χ0n) is 14.3. The van der Waals surface area contributed by atoms with Crippen molar-refractivity contribution in [3.63, 3.8) is 0 Å². The number of rotatable bonds is 13. The second kappa shape index (κ2) is 11.9. The minimum Gasteiger partial charge on any atom is -0.756 e. The van der Waals surface area contributed by atoms with Crippen molar-refractivity contribution < 1.29 is 51.0 Å². The molecule has 2 radical (unpaired) electrons. The Morgan fingerprint density at radius 1 is 1.32 bits per heavy atom. The van der Waals surface area contributed by atoms with Gasteiger partial charge < -0.3 is 28.7 Å². The monoisotopic (exact) mass is 493 g/mol. The summed E-state index contributed by atoms with van der Waals surface area (Å²) in [5.41, 5.74) is 0. The van der Waals surface area contributed by atoms with E-state index in [-0.39, 0.29) is 5.94 Å². The fourth-order valence-electron chi connectivity index (χ4n) is 1.88. The largest absolute Gasteiger partial charge is 0.756 e. The van der Waals surface area contributed by atoms with Crippen molar-refractivity contribution in [2.45, 2.75) is 31.1 Å². The van der Waals surface area contributed by atoms with Gasteiger partial charge in [-0.3, -0.25) is 18.0 Å². The summed E-state index contributed by atoms with van der Waals surface area (Å²) in [6, 6.07) is -0.683. The summed E-state index contributed by atoms with van der Waals surface area (Å²) in [6.45, 7) is 2.46. The molecule has 0 aromatic carbocycles. The van der Waals surface area contributed by atoms with Gasteiger partial charge in [-0.1, -0.05) is 21.6 Å². The number of hydrogen-bond donors (Lipinski definition) is 1. The van der Waals surface area contributed by atoms with Crippen LogP contribution in [0.1, 0.15) is 12.8 Å². The van der Waals surface area contributed by atoms with Crippen LogP contribution in [-0.4, -0.2) is 49.2 Å². The highest BCUT2D eigenvalue weighted by atomic mass is 33.1. The second-order valence-electron chi connectivity index (χ2n) is 5.15. The lowest BCUT2D eigenvalue weighted by Gasteiger charge is -2.32. The first kappa shape index (κ1) is 26.7. The maximum atomic E-state index is 12.0. The highest BCUT2D eigenvalue weighted by molar-refractivity contribution is 8.76. The predicted octanol–water partition coefficient (Wildman–Crippen LogP) is 0.981. The van der Waals surface area contributed by atoms with E-state index in [4.69, 9.17) is 33.2 Å². The Hall–Kier alpha value is 0.695. The third kappa shape index (κ3) is 11.8. The quantitative estimate of drug-likeness (QED) is 0.0735. The molecule has 17 heteroatoms. The van der Waals surface area contributed by atoms with Gasteiger partial charge in [-0.25, -0.2) is 11.0 Å². The van der Waals surface area contributed by atoms with Crippen LogP contribution in [0.3, 0.4) is 0 Å². The van der Waals surface area contributed by atoms with Gasteiger partial charge in [-0.15, -0.1) is 12.3 Å². The molecule has 1 heterocycles. The van der Waals surface area contributed by atoms with Crippen molar-refractivity contribution in [2.24, 2.45) is 0 Å². The smallest absolute Gasteiger partial charge is 0.279 e. The van der Waals surface area contributed by atoms with E-state index >= 15 is 0 Å². The van der Waals surface area contributed by atoms with Gasteiger partial charge >= 0.3 is 0 Å². The number of terminal acetylenes is 1. The van der Waals surface area contributed by atoms with E-state index < -0.39 is 48.1 Å². The summed E-state index contributed by atoms with van der Waals surface area (Å²) < 4.78 is 56.8. The van der Waals surface area contributed by atoms with E-state index in [1.54, 1.807) is 0 Å². The molecule has 0 aliphatic carbocycles. The van der Waals surface area contributed by atoms with Gasteiger partial charge in [-0.2, -0.15) is 0 Å². The molecule has 28 heavy (non-hydrogen) atoms. The van der Waals surface area contributed by atoms with Crippen molar-refractivity contribution in [2.75, 3.05) is 18.3 Å². The van der Waals surface area contributed by atoms with Crippen molar-refractivity contribution >= 4 is 52.7 Å². The van der Waals surface area contributed by atoms with Crippen molar-refractivity contribution in [3.05, 3.63) is 6.66 Å². The predicted molar refractivity (Wildman–Crippen MR) is 101 cm³/mol. The highest BCUT2D eigenvalue weighted by Crippen LogP contribution is 2.64. The number of hydrogen-bond acceptors (Lipinski definition) is 12. The first-order valence-electron chi connectivity index (χ1n) is 7.40. The molecule has 0 saturated carbocycles. The molecule has 1 rings (SSSR count). The molecule has 1 saturated heterocycles. The van der Waals surface area contributed by atoms with Crippen LogP contribution in [0.4, 0.5) is 0 Å². The summed E-state index contributed by atoms with van der Waals surface area (Å²) in [4.78, 5) is 30.1. The Morgan fingerprint density at radius 3 is 2.61 bits per heavy atom. The fourth-order valence-corrected chi connectivity index (χ4v) is 6.66. The zero-order chi connectivity index (χ0) is 21.4. The molecule has 1 aliphatic rings. The maximum absolute atomic E-state index is 12.0. The van der Waals surface area contributed by atoms with Crippen LogP contribution in [0, 0.1) is 19.0 Å². The van der Waals surface area contributed by atoms with Crippen LogP contribution in [0.2, 0.25) is 0 Å². The molecule has 1 aliphatic heterocycles. The standard InChI is InChI=1S/C11H19BO11P3S2/c1-3-4-5-27-28-8-19-9-6-11(12)21-10(9)7-20-24(2,13)22-26(17,18)23-25(14,15)16/h1,9-11H,2,4-8H2,(H,17,18)(H2,14,15,16)/q-1/p-2/t9?,10-,11-,24?/m1/s1. The number of ether oxygens (including phenoxy) is 2. The van der Waals surface area contributed by atoms with Crippen molar-refractivity contribution in [1.82, 2.24) is 0 Å². The van der Waals surface area contributed by atoms with Crippen molar-refractivity contribution in [1.29, 1.82) is 0 Å². The van der Waals surface area contributed by atoms with Crippen molar-refractivity contribution in [3.8, 4) is 12.3 Å². The Morgan fingerprint density at radius 2 is 2.00 bits per heavy atom. The summed E-state index contributed by atoms with van der Waals surface area (Å²) >= 11 is 0. The molecule has 1 N–H and O–H groups in total. The summed E-state index contributed by atoms with van der Waals surface area (Å²) in [5, 5.41) is 0. The molecule has 6 atom stereocenters. The van der Waals surface area contributed by atoms with Crippen LogP contribution in [-0.2, 0) is 36.3 Å². The minimum absolute atomic E-state index is 0.282.